The third-order valence-corrected chi connectivity index (χ3v) is 7.83. The maximum atomic E-state index is 11.7. The minimum Gasteiger partial charge on any atom is -0.385 e. The van der Waals surface area contributed by atoms with Crippen LogP contribution in [-0.4, -0.2) is 27.2 Å². The van der Waals surface area contributed by atoms with Gasteiger partial charge in [-0.3, -0.25) is 4.79 Å². The molecule has 124 valence electrons. The average molecular weight is 314 g/mol. The van der Waals surface area contributed by atoms with E-state index in [1.54, 1.807) is 6.08 Å². The number of hydrogen-bond acceptors (Lipinski definition) is 3. The SMILES string of the molecule is C#C[C@]1(O)CC[C@@H]2[C@@H]3CCC4=CC(=O)CC[C@]4(O)[C@@H]3CC[C@]21C. The summed E-state index contributed by atoms with van der Waals surface area (Å²) in [6, 6.07) is 0. The minimum atomic E-state index is -0.996. The molecule has 2 N–H and O–H groups in total. The van der Waals surface area contributed by atoms with E-state index in [-0.39, 0.29) is 17.1 Å². The van der Waals surface area contributed by atoms with Crippen molar-refractivity contribution in [1.82, 2.24) is 0 Å². The minimum absolute atomic E-state index is 0.159. The number of aliphatic hydroxyl groups is 2. The van der Waals surface area contributed by atoms with Crippen molar-refractivity contribution in [1.29, 1.82) is 0 Å². The molecule has 0 aromatic carbocycles. The largest absolute Gasteiger partial charge is 0.385 e. The number of carbonyl (C=O) groups is 1. The second kappa shape index (κ2) is 4.71. The van der Waals surface area contributed by atoms with E-state index in [1.165, 1.54) is 0 Å². The van der Waals surface area contributed by atoms with E-state index in [1.807, 2.05) is 0 Å². The van der Waals surface area contributed by atoms with Crippen molar-refractivity contribution in [2.24, 2.45) is 23.2 Å². The normalized spacial score (nSPS) is 52.0. The Kier molecular flexibility index (Phi) is 3.16. The summed E-state index contributed by atoms with van der Waals surface area (Å²) in [7, 11) is 0. The Morgan fingerprint density at radius 2 is 1.87 bits per heavy atom. The van der Waals surface area contributed by atoms with Crippen molar-refractivity contribution >= 4 is 5.78 Å². The number of fused-ring (bicyclic) bond motifs is 5. The van der Waals surface area contributed by atoms with Crippen LogP contribution in [0.5, 0.6) is 0 Å². The van der Waals surface area contributed by atoms with Gasteiger partial charge in [-0.15, -0.1) is 6.42 Å². The lowest BCUT2D eigenvalue weighted by molar-refractivity contribution is -0.136. The van der Waals surface area contributed by atoms with E-state index in [4.69, 9.17) is 6.42 Å². The summed E-state index contributed by atoms with van der Waals surface area (Å²) in [4.78, 5) is 11.7. The van der Waals surface area contributed by atoms with Gasteiger partial charge in [0.2, 0.25) is 0 Å². The summed E-state index contributed by atoms with van der Waals surface area (Å²) < 4.78 is 0. The Bertz CT molecular complexity index is 629. The summed E-state index contributed by atoms with van der Waals surface area (Å²) in [6.45, 7) is 2.15. The summed E-state index contributed by atoms with van der Waals surface area (Å²) >= 11 is 0. The molecule has 3 nitrogen and oxygen atoms in total. The fraction of sp³-hybridized carbons (Fsp3) is 0.750. The van der Waals surface area contributed by atoms with Gasteiger partial charge in [-0.1, -0.05) is 12.8 Å². The molecule has 0 amide bonds. The molecule has 0 spiro atoms. The van der Waals surface area contributed by atoms with E-state index >= 15 is 0 Å². The van der Waals surface area contributed by atoms with Crippen LogP contribution in [0.25, 0.3) is 0 Å². The lowest BCUT2D eigenvalue weighted by Gasteiger charge is -2.57. The molecule has 0 radical (unpaired) electrons. The molecule has 0 aromatic heterocycles. The molecule has 0 bridgehead atoms. The van der Waals surface area contributed by atoms with E-state index in [9.17, 15) is 15.0 Å². The molecule has 0 saturated heterocycles. The average Bonchev–Trinajstić information content (AvgIpc) is 2.80. The van der Waals surface area contributed by atoms with Crippen LogP contribution in [0.4, 0.5) is 0 Å². The monoisotopic (exact) mass is 314 g/mol. The van der Waals surface area contributed by atoms with Crippen molar-refractivity contribution in [3.05, 3.63) is 11.6 Å². The van der Waals surface area contributed by atoms with Gasteiger partial charge in [0.1, 0.15) is 5.60 Å². The van der Waals surface area contributed by atoms with Gasteiger partial charge >= 0.3 is 0 Å². The number of rotatable bonds is 0. The van der Waals surface area contributed by atoms with Crippen LogP contribution in [0.15, 0.2) is 11.6 Å². The Morgan fingerprint density at radius 3 is 2.61 bits per heavy atom. The topological polar surface area (TPSA) is 57.5 Å². The molecular weight excluding hydrogens is 288 g/mol. The zero-order chi connectivity index (χ0) is 16.5. The lowest BCUT2D eigenvalue weighted by Crippen LogP contribution is -2.57. The summed E-state index contributed by atoms with van der Waals surface area (Å²) in [5.41, 5.74) is -1.06. The molecule has 4 aliphatic rings. The molecular formula is C20H26O3. The third kappa shape index (κ3) is 1.83. The number of hydrogen-bond donors (Lipinski definition) is 2. The van der Waals surface area contributed by atoms with E-state index < -0.39 is 11.2 Å². The Morgan fingerprint density at radius 1 is 1.13 bits per heavy atom. The zero-order valence-electron chi connectivity index (χ0n) is 13.8. The van der Waals surface area contributed by atoms with E-state index in [0.717, 1.165) is 37.7 Å². The van der Waals surface area contributed by atoms with Crippen LogP contribution in [0.3, 0.4) is 0 Å². The first-order chi connectivity index (χ1) is 10.8. The quantitative estimate of drug-likeness (QED) is 0.676. The zero-order valence-corrected chi connectivity index (χ0v) is 13.8. The standard InChI is InChI=1S/C20H26O3/c1-3-19(22)10-8-16-15-5-4-13-12-14(21)6-11-20(13,23)17(15)7-9-18(16,19)2/h1,12,15-17,22-23H,4-11H2,2H3/t15-,16+,17+,18+,19-,20+/m0/s1. The smallest absolute Gasteiger partial charge is 0.155 e. The molecule has 23 heavy (non-hydrogen) atoms. The fourth-order valence-corrected chi connectivity index (χ4v) is 6.44. The lowest BCUT2D eigenvalue weighted by atomic mass is 9.49. The summed E-state index contributed by atoms with van der Waals surface area (Å²) in [6.07, 6.45) is 13.6. The maximum absolute atomic E-state index is 11.7. The molecule has 6 atom stereocenters. The van der Waals surface area contributed by atoms with Crippen molar-refractivity contribution in [2.45, 2.75) is 69.5 Å². The molecule has 0 aromatic rings. The second-order valence-electron chi connectivity index (χ2n) is 8.48. The van der Waals surface area contributed by atoms with Crippen LogP contribution in [0.2, 0.25) is 0 Å². The van der Waals surface area contributed by atoms with Crippen LogP contribution >= 0.6 is 0 Å². The Hall–Kier alpha value is -1.11. The number of ketones is 1. The fourth-order valence-electron chi connectivity index (χ4n) is 6.44. The summed E-state index contributed by atoms with van der Waals surface area (Å²) in [5.74, 6) is 3.85. The highest BCUT2D eigenvalue weighted by molar-refractivity contribution is 5.92. The first-order valence-corrected chi connectivity index (χ1v) is 9.00. The molecule has 3 saturated carbocycles. The van der Waals surface area contributed by atoms with Gasteiger partial charge in [0.15, 0.2) is 5.78 Å². The highest BCUT2D eigenvalue weighted by Crippen LogP contribution is 2.65. The number of terminal acetylenes is 1. The molecule has 4 aliphatic carbocycles. The van der Waals surface area contributed by atoms with Gasteiger partial charge < -0.3 is 10.2 Å². The Balaban J connectivity index is 1.70. The first kappa shape index (κ1) is 15.4. The highest BCUT2D eigenvalue weighted by atomic mass is 16.3. The van der Waals surface area contributed by atoms with Crippen molar-refractivity contribution in [3.63, 3.8) is 0 Å². The highest BCUT2D eigenvalue weighted by Gasteiger charge is 2.64. The van der Waals surface area contributed by atoms with Crippen molar-refractivity contribution in [2.75, 3.05) is 0 Å². The molecule has 0 aliphatic heterocycles. The maximum Gasteiger partial charge on any atom is 0.155 e. The molecule has 3 heteroatoms. The predicted molar refractivity (Wildman–Crippen MR) is 87.3 cm³/mol. The van der Waals surface area contributed by atoms with Crippen molar-refractivity contribution < 1.29 is 15.0 Å². The van der Waals surface area contributed by atoms with Gasteiger partial charge in [0, 0.05) is 11.8 Å². The van der Waals surface area contributed by atoms with Gasteiger partial charge in [0.05, 0.1) is 5.60 Å². The van der Waals surface area contributed by atoms with Crippen LogP contribution < -0.4 is 0 Å². The van der Waals surface area contributed by atoms with Crippen LogP contribution in [0.1, 0.15) is 58.3 Å². The molecule has 4 rings (SSSR count). The molecule has 3 fully saturated rings. The summed E-state index contributed by atoms with van der Waals surface area (Å²) in [5, 5.41) is 22.3. The Labute approximate surface area is 138 Å². The van der Waals surface area contributed by atoms with Gasteiger partial charge in [-0.25, -0.2) is 0 Å². The third-order valence-electron chi connectivity index (χ3n) is 7.83. The molecule has 0 unspecified atom stereocenters. The second-order valence-corrected chi connectivity index (χ2v) is 8.48. The van der Waals surface area contributed by atoms with E-state index in [0.29, 0.717) is 31.1 Å². The van der Waals surface area contributed by atoms with Gasteiger partial charge in [0.25, 0.3) is 0 Å². The van der Waals surface area contributed by atoms with Crippen molar-refractivity contribution in [3.8, 4) is 12.3 Å². The molecule has 0 heterocycles. The van der Waals surface area contributed by atoms with Crippen LogP contribution in [0, 0.1) is 35.5 Å². The number of carbonyl (C=O) groups excluding carboxylic acids is 1. The first-order valence-electron chi connectivity index (χ1n) is 9.00. The van der Waals surface area contributed by atoms with E-state index in [2.05, 4.69) is 12.8 Å². The van der Waals surface area contributed by atoms with Gasteiger partial charge in [-0.2, -0.15) is 0 Å². The predicted octanol–water partition coefficient (Wildman–Crippen LogP) is 2.61. The van der Waals surface area contributed by atoms with Gasteiger partial charge in [-0.05, 0) is 74.3 Å². The van der Waals surface area contributed by atoms with Crippen LogP contribution in [-0.2, 0) is 4.79 Å².